The Morgan fingerprint density at radius 1 is 1.32 bits per heavy atom. The van der Waals surface area contributed by atoms with Gasteiger partial charge in [0.1, 0.15) is 11.5 Å². The average molecular weight is 307 g/mol. The van der Waals surface area contributed by atoms with E-state index >= 15 is 0 Å². The summed E-state index contributed by atoms with van der Waals surface area (Å²) in [6, 6.07) is 5.34. The summed E-state index contributed by atoms with van der Waals surface area (Å²) in [5.41, 5.74) is -0.143. The lowest BCUT2D eigenvalue weighted by atomic mass is 9.96. The van der Waals surface area contributed by atoms with Gasteiger partial charge in [0.2, 0.25) is 5.91 Å². The SMILES string of the molecule is COc1cccc(OC)c1CC(=O)N1CCCC1C(C)(C)O. The van der Waals surface area contributed by atoms with Crippen LogP contribution in [0.3, 0.4) is 0 Å². The number of amides is 1. The molecule has 1 heterocycles. The molecule has 22 heavy (non-hydrogen) atoms. The van der Waals surface area contributed by atoms with E-state index in [-0.39, 0.29) is 18.4 Å². The first-order chi connectivity index (χ1) is 10.4. The Labute approximate surface area is 131 Å². The van der Waals surface area contributed by atoms with E-state index in [0.717, 1.165) is 18.4 Å². The van der Waals surface area contributed by atoms with Crippen LogP contribution in [-0.2, 0) is 11.2 Å². The number of hydrogen-bond acceptors (Lipinski definition) is 4. The van der Waals surface area contributed by atoms with Gasteiger partial charge in [0, 0.05) is 12.1 Å². The second-order valence-electron chi connectivity index (χ2n) is 6.22. The number of hydrogen-bond donors (Lipinski definition) is 1. The zero-order chi connectivity index (χ0) is 16.3. The zero-order valence-electron chi connectivity index (χ0n) is 13.8. The first-order valence-corrected chi connectivity index (χ1v) is 7.60. The minimum absolute atomic E-state index is 0.00701. The van der Waals surface area contributed by atoms with Crippen LogP contribution >= 0.6 is 0 Å². The zero-order valence-corrected chi connectivity index (χ0v) is 13.8. The molecule has 0 bridgehead atoms. The number of carbonyl (C=O) groups is 1. The topological polar surface area (TPSA) is 59.0 Å². The van der Waals surface area contributed by atoms with Gasteiger partial charge in [0.25, 0.3) is 0 Å². The van der Waals surface area contributed by atoms with Crippen molar-refractivity contribution in [2.24, 2.45) is 0 Å². The maximum Gasteiger partial charge on any atom is 0.227 e. The molecule has 1 saturated heterocycles. The molecule has 0 spiro atoms. The quantitative estimate of drug-likeness (QED) is 0.904. The second-order valence-corrected chi connectivity index (χ2v) is 6.22. The molecule has 5 heteroatoms. The van der Waals surface area contributed by atoms with Crippen molar-refractivity contribution in [1.82, 2.24) is 4.90 Å². The van der Waals surface area contributed by atoms with Gasteiger partial charge >= 0.3 is 0 Å². The van der Waals surface area contributed by atoms with Crippen LogP contribution in [-0.4, -0.2) is 48.3 Å². The molecule has 0 saturated carbocycles. The van der Waals surface area contributed by atoms with E-state index in [2.05, 4.69) is 0 Å². The lowest BCUT2D eigenvalue weighted by molar-refractivity contribution is -0.135. The predicted molar refractivity (Wildman–Crippen MR) is 84.3 cm³/mol. The molecule has 2 rings (SSSR count). The van der Waals surface area contributed by atoms with Gasteiger partial charge in [-0.3, -0.25) is 4.79 Å². The molecule has 1 amide bonds. The van der Waals surface area contributed by atoms with Gasteiger partial charge in [-0.25, -0.2) is 0 Å². The highest BCUT2D eigenvalue weighted by Crippen LogP contribution is 2.32. The normalized spacial score (nSPS) is 18.4. The fourth-order valence-corrected chi connectivity index (χ4v) is 3.15. The summed E-state index contributed by atoms with van der Waals surface area (Å²) in [5, 5.41) is 10.3. The van der Waals surface area contributed by atoms with Crippen LogP contribution in [0.15, 0.2) is 18.2 Å². The van der Waals surface area contributed by atoms with Crippen molar-refractivity contribution in [3.63, 3.8) is 0 Å². The standard InChI is InChI=1S/C17H25NO4/c1-17(2,20)15-9-6-10-18(15)16(19)11-12-13(21-3)7-5-8-14(12)22-4/h5,7-8,15,20H,6,9-11H2,1-4H3. The molecule has 1 N–H and O–H groups in total. The second kappa shape index (κ2) is 6.57. The van der Waals surface area contributed by atoms with Crippen LogP contribution in [0, 0.1) is 0 Å². The van der Waals surface area contributed by atoms with Gasteiger partial charge in [0.05, 0.1) is 32.3 Å². The van der Waals surface area contributed by atoms with Crippen LogP contribution in [0.1, 0.15) is 32.3 Å². The minimum Gasteiger partial charge on any atom is -0.496 e. The third-order valence-corrected chi connectivity index (χ3v) is 4.25. The number of rotatable bonds is 5. The molecule has 122 valence electrons. The number of aliphatic hydroxyl groups is 1. The van der Waals surface area contributed by atoms with E-state index in [4.69, 9.17) is 9.47 Å². The van der Waals surface area contributed by atoms with Crippen LogP contribution < -0.4 is 9.47 Å². The summed E-state index contributed by atoms with van der Waals surface area (Å²) in [4.78, 5) is 14.5. The Bertz CT molecular complexity index is 514. The molecule has 5 nitrogen and oxygen atoms in total. The number of ether oxygens (including phenoxy) is 2. The van der Waals surface area contributed by atoms with Gasteiger partial charge in [-0.2, -0.15) is 0 Å². The minimum atomic E-state index is -0.892. The molecule has 0 radical (unpaired) electrons. The fraction of sp³-hybridized carbons (Fsp3) is 0.588. The number of methoxy groups -OCH3 is 2. The van der Waals surface area contributed by atoms with E-state index in [1.807, 2.05) is 18.2 Å². The maximum atomic E-state index is 12.7. The van der Waals surface area contributed by atoms with Crippen molar-refractivity contribution in [2.45, 2.75) is 44.8 Å². The van der Waals surface area contributed by atoms with Gasteiger partial charge in [0.15, 0.2) is 0 Å². The summed E-state index contributed by atoms with van der Waals surface area (Å²) in [6.45, 7) is 4.20. The summed E-state index contributed by atoms with van der Waals surface area (Å²) in [7, 11) is 3.16. The van der Waals surface area contributed by atoms with E-state index in [9.17, 15) is 9.90 Å². The fourth-order valence-electron chi connectivity index (χ4n) is 3.15. The lowest BCUT2D eigenvalue weighted by Gasteiger charge is -2.34. The third-order valence-electron chi connectivity index (χ3n) is 4.25. The van der Waals surface area contributed by atoms with Crippen LogP contribution in [0.25, 0.3) is 0 Å². The average Bonchev–Trinajstić information content (AvgIpc) is 2.97. The Kier molecular flexibility index (Phi) is 4.96. The first kappa shape index (κ1) is 16.6. The van der Waals surface area contributed by atoms with E-state index in [1.165, 1.54) is 0 Å². The first-order valence-electron chi connectivity index (χ1n) is 7.60. The van der Waals surface area contributed by atoms with Gasteiger partial charge in [-0.1, -0.05) is 6.07 Å². The van der Waals surface area contributed by atoms with Crippen LogP contribution in [0.2, 0.25) is 0 Å². The van der Waals surface area contributed by atoms with Crippen molar-refractivity contribution in [3.8, 4) is 11.5 Å². The molecular formula is C17H25NO4. The van der Waals surface area contributed by atoms with Gasteiger partial charge < -0.3 is 19.5 Å². The highest BCUT2D eigenvalue weighted by molar-refractivity contribution is 5.81. The predicted octanol–water partition coefficient (Wildman–Crippen LogP) is 2.01. The van der Waals surface area contributed by atoms with E-state index < -0.39 is 5.60 Å². The van der Waals surface area contributed by atoms with E-state index in [1.54, 1.807) is 33.0 Å². The highest BCUT2D eigenvalue weighted by Gasteiger charge is 2.38. The van der Waals surface area contributed by atoms with Crippen molar-refractivity contribution in [3.05, 3.63) is 23.8 Å². The molecule has 1 unspecified atom stereocenters. The van der Waals surface area contributed by atoms with Gasteiger partial charge in [-0.05, 0) is 38.8 Å². The smallest absolute Gasteiger partial charge is 0.227 e. The van der Waals surface area contributed by atoms with Crippen LogP contribution in [0.5, 0.6) is 11.5 Å². The molecule has 1 aliphatic heterocycles. The summed E-state index contributed by atoms with van der Waals surface area (Å²) in [5.74, 6) is 1.28. The summed E-state index contributed by atoms with van der Waals surface area (Å²) >= 11 is 0. The number of likely N-dealkylation sites (tertiary alicyclic amines) is 1. The highest BCUT2D eigenvalue weighted by atomic mass is 16.5. The molecule has 0 aliphatic carbocycles. The molecule has 1 atom stereocenters. The molecule has 0 aromatic heterocycles. The van der Waals surface area contributed by atoms with Crippen molar-refractivity contribution < 1.29 is 19.4 Å². The van der Waals surface area contributed by atoms with E-state index in [0.29, 0.717) is 18.0 Å². The number of nitrogens with zero attached hydrogens (tertiary/aromatic N) is 1. The molecular weight excluding hydrogens is 282 g/mol. The van der Waals surface area contributed by atoms with Crippen LogP contribution in [0.4, 0.5) is 0 Å². The third kappa shape index (κ3) is 3.35. The summed E-state index contributed by atoms with van der Waals surface area (Å²) in [6.07, 6.45) is 1.96. The Morgan fingerprint density at radius 2 is 1.91 bits per heavy atom. The molecule has 1 aliphatic rings. The summed E-state index contributed by atoms with van der Waals surface area (Å²) < 4.78 is 10.7. The number of carbonyl (C=O) groups excluding carboxylic acids is 1. The maximum absolute atomic E-state index is 12.7. The monoisotopic (exact) mass is 307 g/mol. The lowest BCUT2D eigenvalue weighted by Crippen LogP contribution is -2.48. The van der Waals surface area contributed by atoms with Gasteiger partial charge in [-0.15, -0.1) is 0 Å². The van der Waals surface area contributed by atoms with Crippen molar-refractivity contribution >= 4 is 5.91 Å². The molecule has 1 aromatic rings. The van der Waals surface area contributed by atoms with Crippen molar-refractivity contribution in [1.29, 1.82) is 0 Å². The molecule has 1 aromatic carbocycles. The van der Waals surface area contributed by atoms with Crippen molar-refractivity contribution in [2.75, 3.05) is 20.8 Å². The largest absolute Gasteiger partial charge is 0.496 e. The Balaban J connectivity index is 2.22. The Morgan fingerprint density at radius 3 is 2.41 bits per heavy atom. The molecule has 1 fully saturated rings. The Hall–Kier alpha value is -1.75. The number of benzene rings is 1.